The zero-order chi connectivity index (χ0) is 21.3. The fraction of sp³-hybridized carbons (Fsp3) is 0.167. The van der Waals surface area contributed by atoms with E-state index in [1.165, 1.54) is 7.11 Å². The number of hydrogen-bond acceptors (Lipinski definition) is 4. The molecule has 0 aliphatic carbocycles. The maximum atomic E-state index is 12.4. The number of hydrogen-bond donors (Lipinski definition) is 2. The van der Waals surface area contributed by atoms with Crippen molar-refractivity contribution in [1.29, 1.82) is 0 Å². The molecule has 6 nitrogen and oxygen atoms in total. The Kier molecular flexibility index (Phi) is 7.05. The minimum absolute atomic E-state index is 0.163. The number of amides is 1. The van der Waals surface area contributed by atoms with E-state index in [9.17, 15) is 14.7 Å². The molecule has 6 heteroatoms. The molecule has 0 aromatic heterocycles. The minimum Gasteiger partial charge on any atom is -0.497 e. The Labute approximate surface area is 175 Å². The van der Waals surface area contributed by atoms with E-state index in [0.29, 0.717) is 23.7 Å². The fourth-order valence-corrected chi connectivity index (χ4v) is 2.88. The molecule has 1 atom stereocenters. The Morgan fingerprint density at radius 2 is 1.50 bits per heavy atom. The third kappa shape index (κ3) is 5.85. The summed E-state index contributed by atoms with van der Waals surface area (Å²) in [6.45, 7) is 0.454. The summed E-state index contributed by atoms with van der Waals surface area (Å²) < 4.78 is 10.8. The monoisotopic (exact) mass is 405 g/mol. The van der Waals surface area contributed by atoms with Gasteiger partial charge in [0.05, 0.1) is 7.11 Å². The van der Waals surface area contributed by atoms with Gasteiger partial charge in [0.2, 0.25) is 0 Å². The third-order valence-corrected chi connectivity index (χ3v) is 4.57. The summed E-state index contributed by atoms with van der Waals surface area (Å²) >= 11 is 0. The second kappa shape index (κ2) is 10.1. The first-order chi connectivity index (χ1) is 14.5. The SMILES string of the molecule is COc1ccc(C(=O)N[C@@H](Cc2ccc(OCc3ccccc3)cc2)C(=O)O)cc1. The van der Waals surface area contributed by atoms with Gasteiger partial charge in [0.15, 0.2) is 0 Å². The predicted molar refractivity (Wildman–Crippen MR) is 113 cm³/mol. The zero-order valence-corrected chi connectivity index (χ0v) is 16.6. The predicted octanol–water partition coefficient (Wildman–Crippen LogP) is 3.70. The number of nitrogens with one attached hydrogen (secondary N) is 1. The number of methoxy groups -OCH3 is 1. The van der Waals surface area contributed by atoms with Crippen LogP contribution in [0.15, 0.2) is 78.9 Å². The highest BCUT2D eigenvalue weighted by molar-refractivity contribution is 5.96. The average Bonchev–Trinajstić information content (AvgIpc) is 2.78. The molecule has 3 aromatic rings. The van der Waals surface area contributed by atoms with Crippen molar-refractivity contribution >= 4 is 11.9 Å². The van der Waals surface area contributed by atoms with Crippen LogP contribution < -0.4 is 14.8 Å². The Balaban J connectivity index is 1.58. The van der Waals surface area contributed by atoms with Gasteiger partial charge in [-0.05, 0) is 47.5 Å². The van der Waals surface area contributed by atoms with Crippen LogP contribution in [0.3, 0.4) is 0 Å². The van der Waals surface area contributed by atoms with Gasteiger partial charge >= 0.3 is 5.97 Å². The van der Waals surface area contributed by atoms with Gasteiger partial charge in [-0.25, -0.2) is 4.79 Å². The van der Waals surface area contributed by atoms with E-state index in [2.05, 4.69) is 5.32 Å². The van der Waals surface area contributed by atoms with Crippen molar-refractivity contribution in [1.82, 2.24) is 5.32 Å². The largest absolute Gasteiger partial charge is 0.497 e. The molecule has 0 heterocycles. The number of aliphatic carboxylic acids is 1. The Hall–Kier alpha value is -3.80. The van der Waals surface area contributed by atoms with Crippen LogP contribution in [0, 0.1) is 0 Å². The number of carboxylic acids is 1. The first kappa shape index (κ1) is 20.9. The van der Waals surface area contributed by atoms with Crippen LogP contribution in [-0.2, 0) is 17.8 Å². The zero-order valence-electron chi connectivity index (χ0n) is 16.6. The molecule has 0 bridgehead atoms. The number of ether oxygens (including phenoxy) is 2. The number of carbonyl (C=O) groups is 2. The summed E-state index contributed by atoms with van der Waals surface area (Å²) in [5.74, 6) is -0.234. The highest BCUT2D eigenvalue weighted by Gasteiger charge is 2.21. The smallest absolute Gasteiger partial charge is 0.326 e. The van der Waals surface area contributed by atoms with Gasteiger partial charge in [-0.15, -0.1) is 0 Å². The van der Waals surface area contributed by atoms with Crippen molar-refractivity contribution in [3.8, 4) is 11.5 Å². The van der Waals surface area contributed by atoms with Gasteiger partial charge in [0.25, 0.3) is 5.91 Å². The Morgan fingerprint density at radius 1 is 0.867 bits per heavy atom. The molecule has 0 fully saturated rings. The molecule has 30 heavy (non-hydrogen) atoms. The molecule has 0 saturated carbocycles. The van der Waals surface area contributed by atoms with Gasteiger partial charge in [-0.3, -0.25) is 4.79 Å². The molecule has 2 N–H and O–H groups in total. The van der Waals surface area contributed by atoms with Crippen molar-refractivity contribution in [2.75, 3.05) is 7.11 Å². The van der Waals surface area contributed by atoms with E-state index in [1.54, 1.807) is 48.5 Å². The van der Waals surface area contributed by atoms with E-state index in [0.717, 1.165) is 11.1 Å². The average molecular weight is 405 g/mol. The highest BCUT2D eigenvalue weighted by atomic mass is 16.5. The summed E-state index contributed by atoms with van der Waals surface area (Å²) in [6.07, 6.45) is 0.163. The van der Waals surface area contributed by atoms with E-state index < -0.39 is 17.9 Å². The topological polar surface area (TPSA) is 84.9 Å². The number of carboxylic acid groups (broad SMARTS) is 1. The lowest BCUT2D eigenvalue weighted by atomic mass is 10.1. The maximum absolute atomic E-state index is 12.4. The van der Waals surface area contributed by atoms with Crippen molar-refractivity contribution in [2.24, 2.45) is 0 Å². The molecule has 154 valence electrons. The lowest BCUT2D eigenvalue weighted by Gasteiger charge is -2.15. The van der Waals surface area contributed by atoms with Crippen molar-refractivity contribution in [3.63, 3.8) is 0 Å². The lowest BCUT2D eigenvalue weighted by molar-refractivity contribution is -0.139. The summed E-state index contributed by atoms with van der Waals surface area (Å²) in [5, 5.41) is 12.1. The molecule has 3 aromatic carbocycles. The Bertz CT molecular complexity index is 969. The molecule has 1 amide bonds. The summed E-state index contributed by atoms with van der Waals surface area (Å²) in [7, 11) is 1.54. The quantitative estimate of drug-likeness (QED) is 0.567. The summed E-state index contributed by atoms with van der Waals surface area (Å²) in [6, 6.07) is 22.4. The van der Waals surface area contributed by atoms with Crippen molar-refractivity contribution in [2.45, 2.75) is 19.1 Å². The first-order valence-corrected chi connectivity index (χ1v) is 9.48. The maximum Gasteiger partial charge on any atom is 0.326 e. The fourth-order valence-electron chi connectivity index (χ4n) is 2.88. The second-order valence-electron chi connectivity index (χ2n) is 6.72. The van der Waals surface area contributed by atoms with Crippen LogP contribution in [0.25, 0.3) is 0 Å². The van der Waals surface area contributed by atoms with Crippen LogP contribution in [0.2, 0.25) is 0 Å². The van der Waals surface area contributed by atoms with Gasteiger partial charge < -0.3 is 19.9 Å². The molecule has 0 aliphatic rings. The standard InChI is InChI=1S/C24H23NO5/c1-29-20-13-9-19(10-14-20)23(26)25-22(24(27)28)15-17-7-11-21(12-8-17)30-16-18-5-3-2-4-6-18/h2-14,22H,15-16H2,1H3,(H,25,26)(H,27,28)/t22-/m0/s1. The molecular weight excluding hydrogens is 382 g/mol. The molecule has 3 rings (SSSR count). The highest BCUT2D eigenvalue weighted by Crippen LogP contribution is 2.16. The molecule has 0 aliphatic heterocycles. The molecule has 0 radical (unpaired) electrons. The van der Waals surface area contributed by atoms with E-state index in [4.69, 9.17) is 9.47 Å². The van der Waals surface area contributed by atoms with Crippen molar-refractivity contribution < 1.29 is 24.2 Å². The normalized spacial score (nSPS) is 11.4. The van der Waals surface area contributed by atoms with Crippen LogP contribution in [0.4, 0.5) is 0 Å². The number of carbonyl (C=O) groups excluding carboxylic acids is 1. The van der Waals surface area contributed by atoms with Crippen LogP contribution in [-0.4, -0.2) is 30.1 Å². The van der Waals surface area contributed by atoms with Gasteiger partial charge in [-0.1, -0.05) is 42.5 Å². The van der Waals surface area contributed by atoms with E-state index in [-0.39, 0.29) is 6.42 Å². The summed E-state index contributed by atoms with van der Waals surface area (Å²) in [4.78, 5) is 24.0. The van der Waals surface area contributed by atoms with E-state index >= 15 is 0 Å². The van der Waals surface area contributed by atoms with Crippen molar-refractivity contribution in [3.05, 3.63) is 95.6 Å². The van der Waals surface area contributed by atoms with Crippen LogP contribution in [0.5, 0.6) is 11.5 Å². The van der Waals surface area contributed by atoms with Gasteiger partial charge in [0.1, 0.15) is 24.1 Å². The van der Waals surface area contributed by atoms with Gasteiger partial charge in [0, 0.05) is 12.0 Å². The second-order valence-corrected chi connectivity index (χ2v) is 6.72. The first-order valence-electron chi connectivity index (χ1n) is 9.48. The summed E-state index contributed by atoms with van der Waals surface area (Å²) in [5.41, 5.74) is 2.21. The third-order valence-electron chi connectivity index (χ3n) is 4.57. The Morgan fingerprint density at radius 3 is 2.10 bits per heavy atom. The number of benzene rings is 3. The molecule has 0 saturated heterocycles. The number of rotatable bonds is 9. The van der Waals surface area contributed by atoms with E-state index in [1.807, 2.05) is 30.3 Å². The molecular formula is C24H23NO5. The lowest BCUT2D eigenvalue weighted by Crippen LogP contribution is -2.42. The minimum atomic E-state index is -1.10. The molecule has 0 unspecified atom stereocenters. The van der Waals surface area contributed by atoms with Gasteiger partial charge in [-0.2, -0.15) is 0 Å². The van der Waals surface area contributed by atoms with Crippen LogP contribution >= 0.6 is 0 Å². The molecule has 0 spiro atoms. The van der Waals surface area contributed by atoms with Crippen LogP contribution in [0.1, 0.15) is 21.5 Å².